The minimum absolute atomic E-state index is 0.228. The topological polar surface area (TPSA) is 88.2 Å². The van der Waals surface area contributed by atoms with Crippen LogP contribution in [0.5, 0.6) is 0 Å². The van der Waals surface area contributed by atoms with Gasteiger partial charge in [-0.25, -0.2) is 4.79 Å². The lowest BCUT2D eigenvalue weighted by atomic mass is 10.2. The number of carboxylic acids is 1. The summed E-state index contributed by atoms with van der Waals surface area (Å²) in [6, 6.07) is 4.93. The van der Waals surface area contributed by atoms with Crippen molar-refractivity contribution in [1.82, 2.24) is 10.1 Å². The van der Waals surface area contributed by atoms with Gasteiger partial charge in [0.1, 0.15) is 0 Å². The number of nitrogens with zero attached hydrogens (tertiary/aromatic N) is 2. The fraction of sp³-hybridized carbons (Fsp3) is 0.182. The molecule has 2 rings (SSSR count). The van der Waals surface area contributed by atoms with Crippen LogP contribution in [0.1, 0.15) is 16.2 Å². The van der Waals surface area contributed by atoms with Crippen molar-refractivity contribution in [3.63, 3.8) is 0 Å². The monoisotopic (exact) mass is 311 g/mol. The first-order chi connectivity index (χ1) is 8.65. The van der Waals surface area contributed by atoms with Gasteiger partial charge in [0, 0.05) is 23.1 Å². The van der Waals surface area contributed by atoms with Gasteiger partial charge in [0.05, 0.1) is 5.56 Å². The molecule has 0 saturated carbocycles. The molecule has 0 bridgehead atoms. The number of benzene rings is 1. The average molecular weight is 312 g/mol. The second-order valence-corrected chi connectivity index (χ2v) is 4.47. The molecule has 1 heterocycles. The van der Waals surface area contributed by atoms with Crippen LogP contribution >= 0.6 is 15.9 Å². The molecule has 1 aromatic carbocycles. The summed E-state index contributed by atoms with van der Waals surface area (Å²) in [5, 5.41) is 15.7. The van der Waals surface area contributed by atoms with Crippen LogP contribution < -0.4 is 5.32 Å². The predicted octanol–water partition coefficient (Wildman–Crippen LogP) is 2.18. The minimum Gasteiger partial charge on any atom is -0.478 e. The van der Waals surface area contributed by atoms with E-state index in [1.54, 1.807) is 12.1 Å². The maximum absolute atomic E-state index is 10.9. The highest BCUT2D eigenvalue weighted by Crippen LogP contribution is 2.19. The van der Waals surface area contributed by atoms with Gasteiger partial charge in [0.15, 0.2) is 5.82 Å². The maximum atomic E-state index is 10.9. The normalized spacial score (nSPS) is 10.3. The van der Waals surface area contributed by atoms with E-state index >= 15 is 0 Å². The lowest BCUT2D eigenvalue weighted by molar-refractivity contribution is 0.0697. The average Bonchev–Trinajstić information content (AvgIpc) is 2.81. The Morgan fingerprint density at radius 1 is 1.44 bits per heavy atom. The summed E-state index contributed by atoms with van der Waals surface area (Å²) >= 11 is 3.27. The van der Waals surface area contributed by atoms with Crippen molar-refractivity contribution in [2.75, 3.05) is 11.9 Å². The Kier molecular flexibility index (Phi) is 3.93. The highest BCUT2D eigenvalue weighted by Gasteiger charge is 2.06. The van der Waals surface area contributed by atoms with Crippen LogP contribution in [0.15, 0.2) is 33.6 Å². The van der Waals surface area contributed by atoms with E-state index in [0.29, 0.717) is 23.3 Å². The van der Waals surface area contributed by atoms with E-state index in [9.17, 15) is 4.79 Å². The number of hydrogen-bond donors (Lipinski definition) is 2. The maximum Gasteiger partial charge on any atom is 0.335 e. The first-order valence-electron chi connectivity index (χ1n) is 5.18. The van der Waals surface area contributed by atoms with E-state index in [2.05, 4.69) is 35.9 Å². The van der Waals surface area contributed by atoms with Crippen molar-refractivity contribution in [2.24, 2.45) is 0 Å². The molecule has 0 radical (unpaired) electrons. The van der Waals surface area contributed by atoms with Crippen LogP contribution in [0.3, 0.4) is 0 Å². The fourth-order valence-corrected chi connectivity index (χ4v) is 1.93. The lowest BCUT2D eigenvalue weighted by Gasteiger charge is -2.06. The quantitative estimate of drug-likeness (QED) is 0.880. The fourth-order valence-electron chi connectivity index (χ4n) is 1.44. The minimum atomic E-state index is -0.961. The lowest BCUT2D eigenvalue weighted by Crippen LogP contribution is -2.07. The van der Waals surface area contributed by atoms with Gasteiger partial charge >= 0.3 is 5.97 Å². The second-order valence-electron chi connectivity index (χ2n) is 3.56. The zero-order valence-electron chi connectivity index (χ0n) is 9.26. The smallest absolute Gasteiger partial charge is 0.335 e. The molecule has 94 valence electrons. The molecule has 0 saturated heterocycles. The first kappa shape index (κ1) is 12.6. The Balaban J connectivity index is 1.98. The number of hydrogen-bond acceptors (Lipinski definition) is 5. The molecule has 18 heavy (non-hydrogen) atoms. The van der Waals surface area contributed by atoms with Gasteiger partial charge in [0.2, 0.25) is 6.39 Å². The Labute approximate surface area is 111 Å². The number of carboxylic acid groups (broad SMARTS) is 1. The van der Waals surface area contributed by atoms with E-state index < -0.39 is 5.97 Å². The number of anilines is 1. The van der Waals surface area contributed by atoms with Crippen LogP contribution in [0.2, 0.25) is 0 Å². The Morgan fingerprint density at radius 3 is 2.94 bits per heavy atom. The summed E-state index contributed by atoms with van der Waals surface area (Å²) in [7, 11) is 0. The number of rotatable bonds is 5. The summed E-state index contributed by atoms with van der Waals surface area (Å²) in [5.41, 5.74) is 0.955. The van der Waals surface area contributed by atoms with Gasteiger partial charge in [0.25, 0.3) is 0 Å². The molecule has 0 spiro atoms. The van der Waals surface area contributed by atoms with Crippen LogP contribution in [0.25, 0.3) is 0 Å². The van der Waals surface area contributed by atoms with Gasteiger partial charge in [-0.15, -0.1) is 0 Å². The number of carbonyl (C=O) groups is 1. The van der Waals surface area contributed by atoms with Crippen molar-refractivity contribution >= 4 is 27.6 Å². The summed E-state index contributed by atoms with van der Waals surface area (Å²) < 4.78 is 5.33. The van der Waals surface area contributed by atoms with Crippen LogP contribution in [-0.2, 0) is 6.42 Å². The molecule has 1 aromatic heterocycles. The van der Waals surface area contributed by atoms with E-state index in [0.717, 1.165) is 5.69 Å². The first-order valence-corrected chi connectivity index (χ1v) is 5.97. The van der Waals surface area contributed by atoms with Gasteiger partial charge in [-0.3, -0.25) is 0 Å². The van der Waals surface area contributed by atoms with E-state index in [-0.39, 0.29) is 5.56 Å². The summed E-state index contributed by atoms with van der Waals surface area (Å²) in [5.74, 6) is -0.353. The molecule has 0 atom stereocenters. The largest absolute Gasteiger partial charge is 0.478 e. The van der Waals surface area contributed by atoms with Crippen LogP contribution in [0.4, 0.5) is 5.69 Å². The summed E-state index contributed by atoms with van der Waals surface area (Å²) in [6.45, 7) is 0.592. The third-order valence-electron chi connectivity index (χ3n) is 2.23. The molecular formula is C11H10BrN3O3. The molecule has 0 aliphatic carbocycles. The molecule has 0 fully saturated rings. The molecule has 0 aliphatic heterocycles. The van der Waals surface area contributed by atoms with Crippen molar-refractivity contribution in [2.45, 2.75) is 6.42 Å². The van der Waals surface area contributed by atoms with E-state index in [1.165, 1.54) is 6.39 Å². The number of aromatic nitrogens is 2. The third kappa shape index (κ3) is 3.30. The Morgan fingerprint density at radius 2 is 2.28 bits per heavy atom. The van der Waals surface area contributed by atoms with Crippen LogP contribution in [0, 0.1) is 0 Å². The van der Waals surface area contributed by atoms with Crippen LogP contribution in [-0.4, -0.2) is 27.8 Å². The molecule has 0 amide bonds. The molecule has 0 aliphatic rings. The molecule has 2 N–H and O–H groups in total. The summed E-state index contributed by atoms with van der Waals surface area (Å²) in [4.78, 5) is 14.8. The second kappa shape index (κ2) is 5.63. The Hall–Kier alpha value is -1.89. The van der Waals surface area contributed by atoms with E-state index in [4.69, 9.17) is 5.11 Å². The van der Waals surface area contributed by atoms with Crippen molar-refractivity contribution in [1.29, 1.82) is 0 Å². The zero-order chi connectivity index (χ0) is 13.0. The predicted molar refractivity (Wildman–Crippen MR) is 67.6 cm³/mol. The molecule has 6 nitrogen and oxygen atoms in total. The molecule has 2 aromatic rings. The number of aromatic carboxylic acids is 1. The third-order valence-corrected chi connectivity index (χ3v) is 2.69. The van der Waals surface area contributed by atoms with Gasteiger partial charge in [-0.2, -0.15) is 4.98 Å². The zero-order valence-corrected chi connectivity index (χ0v) is 10.8. The van der Waals surface area contributed by atoms with E-state index in [1.807, 2.05) is 6.07 Å². The van der Waals surface area contributed by atoms with Crippen molar-refractivity contribution in [3.8, 4) is 0 Å². The molecule has 0 unspecified atom stereocenters. The molecule has 7 heteroatoms. The Bertz CT molecular complexity index is 542. The molecular weight excluding hydrogens is 302 g/mol. The highest BCUT2D eigenvalue weighted by atomic mass is 79.9. The summed E-state index contributed by atoms with van der Waals surface area (Å²) in [6.07, 6.45) is 1.88. The number of nitrogens with one attached hydrogen (secondary N) is 1. The SMILES string of the molecule is O=C(O)c1cc(Br)cc(NCCc2ncon2)c1. The number of halogens is 1. The highest BCUT2D eigenvalue weighted by molar-refractivity contribution is 9.10. The van der Waals surface area contributed by atoms with Gasteiger partial charge < -0.3 is 14.9 Å². The van der Waals surface area contributed by atoms with Crippen molar-refractivity contribution < 1.29 is 14.4 Å². The van der Waals surface area contributed by atoms with Gasteiger partial charge in [-0.05, 0) is 18.2 Å². The van der Waals surface area contributed by atoms with Crippen molar-refractivity contribution in [3.05, 3.63) is 40.5 Å². The van der Waals surface area contributed by atoms with Gasteiger partial charge in [-0.1, -0.05) is 21.1 Å². The standard InChI is InChI=1S/C11H10BrN3O3/c12-8-3-7(11(16)17)4-9(5-8)13-2-1-10-14-6-18-15-10/h3-6,13H,1-2H2,(H,16,17).